The smallest absolute Gasteiger partial charge is 0.00861 e. The second-order valence-electron chi connectivity index (χ2n) is 3.52. The minimum atomic E-state index is 0.985. The molecule has 0 nitrogen and oxygen atoms in total. The van der Waals surface area contributed by atoms with Crippen LogP contribution in [0.2, 0.25) is 0 Å². The molecule has 0 saturated heterocycles. The van der Waals surface area contributed by atoms with Gasteiger partial charge < -0.3 is 0 Å². The van der Waals surface area contributed by atoms with Crippen molar-refractivity contribution >= 4 is 17.6 Å². The molecule has 0 aliphatic rings. The molecule has 0 saturated carbocycles. The zero-order valence-corrected chi connectivity index (χ0v) is 9.21. The van der Waals surface area contributed by atoms with E-state index < -0.39 is 0 Å². The first kappa shape index (κ1) is 10.1. The van der Waals surface area contributed by atoms with Gasteiger partial charge in [-0.25, -0.2) is 0 Å². The second kappa shape index (κ2) is 4.85. The van der Waals surface area contributed by atoms with Crippen LogP contribution in [-0.4, -0.2) is 5.37 Å². The Bertz CT molecular complexity index is 429. The van der Waals surface area contributed by atoms with Crippen molar-refractivity contribution in [3.63, 3.8) is 0 Å². The van der Waals surface area contributed by atoms with Crippen LogP contribution in [0.25, 0.3) is 0 Å². The van der Waals surface area contributed by atoms with E-state index in [4.69, 9.17) is 12.2 Å². The molecule has 2 aromatic carbocycles. The van der Waals surface area contributed by atoms with Gasteiger partial charge in [0, 0.05) is 5.37 Å². The summed E-state index contributed by atoms with van der Waals surface area (Å²) in [6.45, 7) is 0. The van der Waals surface area contributed by atoms with Crippen LogP contribution in [0.3, 0.4) is 0 Å². The summed E-state index contributed by atoms with van der Waals surface area (Å²) in [5.74, 6) is 0. The Kier molecular flexibility index (Phi) is 3.25. The maximum atomic E-state index is 4.87. The van der Waals surface area contributed by atoms with E-state index in [9.17, 15) is 0 Å². The van der Waals surface area contributed by atoms with Crippen LogP contribution in [0.15, 0.2) is 54.6 Å². The van der Waals surface area contributed by atoms with Crippen molar-refractivity contribution in [1.29, 1.82) is 0 Å². The second-order valence-corrected chi connectivity index (χ2v) is 3.76. The molecule has 0 unspecified atom stereocenters. The van der Waals surface area contributed by atoms with Gasteiger partial charge in [0.2, 0.25) is 0 Å². The first-order valence-corrected chi connectivity index (χ1v) is 5.43. The first-order valence-electron chi connectivity index (χ1n) is 4.96. The van der Waals surface area contributed by atoms with Crippen molar-refractivity contribution in [3.8, 4) is 0 Å². The quantitative estimate of drug-likeness (QED) is 0.700. The fourth-order valence-corrected chi connectivity index (χ4v) is 1.70. The molecule has 1 heteroatoms. The molecule has 0 aliphatic heterocycles. The van der Waals surface area contributed by atoms with Crippen LogP contribution in [0.4, 0.5) is 0 Å². The highest BCUT2D eigenvalue weighted by Gasteiger charge is 1.95. The third-order valence-electron chi connectivity index (χ3n) is 2.37. The van der Waals surface area contributed by atoms with E-state index in [1.807, 2.05) is 6.07 Å². The summed E-state index contributed by atoms with van der Waals surface area (Å²) in [4.78, 5) is 0. The predicted octanol–water partition coefficient (Wildman–Crippen LogP) is 3.63. The lowest BCUT2D eigenvalue weighted by Crippen LogP contribution is -1.88. The third-order valence-corrected chi connectivity index (χ3v) is 2.64. The van der Waals surface area contributed by atoms with Gasteiger partial charge >= 0.3 is 0 Å². The molecule has 0 amide bonds. The topological polar surface area (TPSA) is 0 Å². The van der Waals surface area contributed by atoms with E-state index in [1.54, 1.807) is 5.37 Å². The fourth-order valence-electron chi connectivity index (χ4n) is 1.55. The predicted molar refractivity (Wildman–Crippen MR) is 68.4 cm³/mol. The molecule has 74 valence electrons. The molecule has 0 N–H and O–H groups in total. The van der Waals surface area contributed by atoms with Gasteiger partial charge in [0.15, 0.2) is 0 Å². The zero-order chi connectivity index (χ0) is 10.5. The maximum absolute atomic E-state index is 4.87. The number of benzene rings is 2. The van der Waals surface area contributed by atoms with Gasteiger partial charge in [-0.3, -0.25) is 0 Å². The van der Waals surface area contributed by atoms with Crippen LogP contribution in [0.1, 0.15) is 16.7 Å². The highest BCUT2D eigenvalue weighted by atomic mass is 32.1. The van der Waals surface area contributed by atoms with Crippen LogP contribution in [-0.2, 0) is 6.42 Å². The molecular formula is C14H12S. The monoisotopic (exact) mass is 212 g/mol. The van der Waals surface area contributed by atoms with E-state index in [0.717, 1.165) is 12.0 Å². The standard InChI is InChI=1S/C14H12S/c15-11-14-8-6-13(7-9-14)10-12-4-2-1-3-5-12/h1-9,11H,10H2. The first-order chi connectivity index (χ1) is 7.38. The average molecular weight is 212 g/mol. The van der Waals surface area contributed by atoms with Gasteiger partial charge in [0.1, 0.15) is 0 Å². The molecule has 0 spiro atoms. The molecule has 0 atom stereocenters. The summed E-state index contributed by atoms with van der Waals surface area (Å²) < 4.78 is 0. The normalized spacial score (nSPS) is 9.87. The van der Waals surface area contributed by atoms with Gasteiger partial charge in [0.25, 0.3) is 0 Å². The Labute approximate surface area is 95.6 Å². The molecule has 0 heterocycles. The van der Waals surface area contributed by atoms with E-state index in [-0.39, 0.29) is 0 Å². The van der Waals surface area contributed by atoms with E-state index in [2.05, 4.69) is 48.5 Å². The van der Waals surface area contributed by atoms with Gasteiger partial charge in [-0.15, -0.1) is 0 Å². The van der Waals surface area contributed by atoms with Crippen molar-refractivity contribution < 1.29 is 0 Å². The molecule has 0 aliphatic carbocycles. The van der Waals surface area contributed by atoms with Gasteiger partial charge in [-0.05, 0) is 23.1 Å². The Balaban J connectivity index is 2.15. The maximum Gasteiger partial charge on any atom is 0.00861 e. The lowest BCUT2D eigenvalue weighted by Gasteiger charge is -2.01. The van der Waals surface area contributed by atoms with Gasteiger partial charge in [0.05, 0.1) is 0 Å². The average Bonchev–Trinajstić information content (AvgIpc) is 2.31. The third kappa shape index (κ3) is 2.74. The molecule has 0 bridgehead atoms. The molecule has 0 radical (unpaired) electrons. The van der Waals surface area contributed by atoms with E-state index in [0.29, 0.717) is 0 Å². The lowest BCUT2D eigenvalue weighted by molar-refractivity contribution is 1.19. The van der Waals surface area contributed by atoms with Crippen LogP contribution < -0.4 is 0 Å². The summed E-state index contributed by atoms with van der Waals surface area (Å²) >= 11 is 4.87. The highest BCUT2D eigenvalue weighted by Crippen LogP contribution is 2.09. The molecular weight excluding hydrogens is 200 g/mol. The van der Waals surface area contributed by atoms with Crippen molar-refractivity contribution in [2.75, 3.05) is 0 Å². The Morgan fingerprint density at radius 2 is 1.40 bits per heavy atom. The fraction of sp³-hybridized carbons (Fsp3) is 0.0714. The van der Waals surface area contributed by atoms with Crippen LogP contribution in [0.5, 0.6) is 0 Å². The molecule has 2 rings (SSSR count). The van der Waals surface area contributed by atoms with Gasteiger partial charge in [-0.2, -0.15) is 0 Å². The van der Waals surface area contributed by atoms with Gasteiger partial charge in [-0.1, -0.05) is 66.8 Å². The van der Waals surface area contributed by atoms with Crippen LogP contribution in [0, 0.1) is 0 Å². The van der Waals surface area contributed by atoms with E-state index >= 15 is 0 Å². The number of hydrogen-bond donors (Lipinski definition) is 0. The number of thiocarbonyl (C=S) groups is 1. The minimum Gasteiger partial charge on any atom is -0.0881 e. The SMILES string of the molecule is S=Cc1ccc(Cc2ccccc2)cc1. The zero-order valence-electron chi connectivity index (χ0n) is 8.39. The number of hydrogen-bond acceptors (Lipinski definition) is 1. The summed E-state index contributed by atoms with van der Waals surface area (Å²) in [5, 5.41) is 1.70. The molecule has 15 heavy (non-hydrogen) atoms. The molecule has 0 aromatic heterocycles. The van der Waals surface area contributed by atoms with Crippen molar-refractivity contribution in [2.24, 2.45) is 0 Å². The minimum absolute atomic E-state index is 0.985. The largest absolute Gasteiger partial charge is 0.0881 e. The number of rotatable bonds is 3. The summed E-state index contributed by atoms with van der Waals surface area (Å²) in [5.41, 5.74) is 3.76. The van der Waals surface area contributed by atoms with Crippen molar-refractivity contribution in [1.82, 2.24) is 0 Å². The Hall–Kier alpha value is -1.47. The summed E-state index contributed by atoms with van der Waals surface area (Å²) in [7, 11) is 0. The van der Waals surface area contributed by atoms with E-state index in [1.165, 1.54) is 11.1 Å². The van der Waals surface area contributed by atoms with Crippen molar-refractivity contribution in [2.45, 2.75) is 6.42 Å². The Morgan fingerprint density at radius 3 is 2.00 bits per heavy atom. The highest BCUT2D eigenvalue weighted by molar-refractivity contribution is 7.79. The van der Waals surface area contributed by atoms with Crippen LogP contribution >= 0.6 is 12.2 Å². The molecule has 0 fully saturated rings. The Morgan fingerprint density at radius 1 is 0.800 bits per heavy atom. The lowest BCUT2D eigenvalue weighted by atomic mass is 10.0. The van der Waals surface area contributed by atoms with Crippen molar-refractivity contribution in [3.05, 3.63) is 71.3 Å². The summed E-state index contributed by atoms with van der Waals surface area (Å²) in [6.07, 6.45) is 0.985. The summed E-state index contributed by atoms with van der Waals surface area (Å²) in [6, 6.07) is 18.9. The molecule has 2 aromatic rings.